The Morgan fingerprint density at radius 3 is 2.39 bits per heavy atom. The first-order chi connectivity index (χ1) is 13.2. The Morgan fingerprint density at radius 2 is 1.71 bits per heavy atom. The quantitative estimate of drug-likeness (QED) is 0.793. The van der Waals surface area contributed by atoms with Crippen molar-refractivity contribution in [2.24, 2.45) is 5.41 Å². The van der Waals surface area contributed by atoms with Crippen molar-refractivity contribution in [3.63, 3.8) is 0 Å². The van der Waals surface area contributed by atoms with E-state index in [2.05, 4.69) is 5.32 Å². The SMILES string of the molecule is CC1Cc2ccccc2N1C(=O)C1(C(=O)Nc2ccccc2C(F)(F)F)CC1. The molecule has 2 aromatic carbocycles. The second-order valence-electron chi connectivity index (χ2n) is 7.44. The second kappa shape index (κ2) is 6.36. The molecule has 0 aromatic heterocycles. The van der Waals surface area contributed by atoms with E-state index in [1.54, 1.807) is 4.90 Å². The summed E-state index contributed by atoms with van der Waals surface area (Å²) < 4.78 is 39.6. The minimum absolute atomic E-state index is 0.0994. The Bertz CT molecular complexity index is 951. The average Bonchev–Trinajstić information content (AvgIpc) is 3.38. The molecule has 1 saturated carbocycles. The number of hydrogen-bond acceptors (Lipinski definition) is 2. The molecule has 4 rings (SSSR count). The summed E-state index contributed by atoms with van der Waals surface area (Å²) in [6.07, 6.45) is -3.24. The Hall–Kier alpha value is -2.83. The number of benzene rings is 2. The predicted octanol–water partition coefficient (Wildman–Crippen LogP) is 4.40. The van der Waals surface area contributed by atoms with E-state index < -0.39 is 23.1 Å². The van der Waals surface area contributed by atoms with Crippen molar-refractivity contribution in [3.05, 3.63) is 59.7 Å². The maximum Gasteiger partial charge on any atom is 0.418 e. The summed E-state index contributed by atoms with van der Waals surface area (Å²) in [4.78, 5) is 27.7. The molecule has 2 aromatic rings. The van der Waals surface area contributed by atoms with E-state index in [4.69, 9.17) is 0 Å². The Kier molecular flexibility index (Phi) is 4.21. The van der Waals surface area contributed by atoms with Crippen LogP contribution in [-0.2, 0) is 22.2 Å². The third-order valence-corrected chi connectivity index (χ3v) is 5.50. The van der Waals surface area contributed by atoms with Crippen LogP contribution in [0.4, 0.5) is 24.5 Å². The number of carbonyl (C=O) groups excluding carboxylic acids is 2. The summed E-state index contributed by atoms with van der Waals surface area (Å²) in [5.41, 5.74) is -0.748. The first kappa shape index (κ1) is 18.5. The van der Waals surface area contributed by atoms with Crippen LogP contribution in [0.15, 0.2) is 48.5 Å². The Morgan fingerprint density at radius 1 is 1.07 bits per heavy atom. The van der Waals surface area contributed by atoms with Crippen molar-refractivity contribution in [2.75, 3.05) is 10.2 Å². The first-order valence-electron chi connectivity index (χ1n) is 9.13. The fourth-order valence-corrected chi connectivity index (χ4v) is 3.85. The molecule has 1 aliphatic carbocycles. The van der Waals surface area contributed by atoms with Crippen molar-refractivity contribution in [1.82, 2.24) is 0 Å². The largest absolute Gasteiger partial charge is 0.418 e. The zero-order valence-electron chi connectivity index (χ0n) is 15.2. The molecule has 0 bridgehead atoms. The van der Waals surface area contributed by atoms with Crippen molar-refractivity contribution < 1.29 is 22.8 Å². The summed E-state index contributed by atoms with van der Waals surface area (Å²) in [5.74, 6) is -1.02. The lowest BCUT2D eigenvalue weighted by Gasteiger charge is -2.27. The van der Waals surface area contributed by atoms with Gasteiger partial charge in [0.2, 0.25) is 11.8 Å². The molecule has 1 N–H and O–H groups in total. The predicted molar refractivity (Wildman–Crippen MR) is 98.8 cm³/mol. The molecule has 7 heteroatoms. The van der Waals surface area contributed by atoms with E-state index >= 15 is 0 Å². The number of rotatable bonds is 3. The molecule has 1 aliphatic heterocycles. The molecule has 1 heterocycles. The summed E-state index contributed by atoms with van der Waals surface area (Å²) in [6.45, 7) is 1.91. The van der Waals surface area contributed by atoms with E-state index in [1.807, 2.05) is 31.2 Å². The van der Waals surface area contributed by atoms with Crippen LogP contribution in [-0.4, -0.2) is 17.9 Å². The van der Waals surface area contributed by atoms with Gasteiger partial charge in [-0.1, -0.05) is 30.3 Å². The Labute approximate surface area is 160 Å². The maximum absolute atomic E-state index is 13.3. The van der Waals surface area contributed by atoms with Crippen molar-refractivity contribution >= 4 is 23.2 Å². The lowest BCUT2D eigenvalue weighted by molar-refractivity contribution is -0.137. The highest BCUT2D eigenvalue weighted by molar-refractivity contribution is 6.18. The van der Waals surface area contributed by atoms with Gasteiger partial charge in [0.15, 0.2) is 0 Å². The van der Waals surface area contributed by atoms with E-state index in [-0.39, 0.29) is 17.6 Å². The molecule has 146 valence electrons. The topological polar surface area (TPSA) is 49.4 Å². The molecule has 0 spiro atoms. The van der Waals surface area contributed by atoms with Crippen LogP contribution >= 0.6 is 0 Å². The first-order valence-corrected chi connectivity index (χ1v) is 9.13. The summed E-state index contributed by atoms with van der Waals surface area (Å²) in [6, 6.07) is 12.2. The lowest BCUT2D eigenvalue weighted by atomic mass is 10.0. The van der Waals surface area contributed by atoms with Gasteiger partial charge in [0.1, 0.15) is 5.41 Å². The Balaban J connectivity index is 1.60. The lowest BCUT2D eigenvalue weighted by Crippen LogP contribution is -2.45. The zero-order valence-corrected chi connectivity index (χ0v) is 15.2. The van der Waals surface area contributed by atoms with Gasteiger partial charge in [0.25, 0.3) is 0 Å². The number of hydrogen-bond donors (Lipinski definition) is 1. The van der Waals surface area contributed by atoms with Crippen LogP contribution in [0.5, 0.6) is 0 Å². The van der Waals surface area contributed by atoms with E-state index in [9.17, 15) is 22.8 Å². The molecule has 0 saturated heterocycles. The number of halogens is 3. The van der Waals surface area contributed by atoms with Gasteiger partial charge in [-0.05, 0) is 49.9 Å². The third kappa shape index (κ3) is 2.95. The average molecular weight is 388 g/mol. The van der Waals surface area contributed by atoms with Crippen LogP contribution in [0, 0.1) is 5.41 Å². The molecule has 2 amide bonds. The highest BCUT2D eigenvalue weighted by Crippen LogP contribution is 2.50. The van der Waals surface area contributed by atoms with Crippen LogP contribution < -0.4 is 10.2 Å². The molecule has 4 nitrogen and oxygen atoms in total. The van der Waals surface area contributed by atoms with Crippen molar-refractivity contribution in [3.8, 4) is 0 Å². The smallest absolute Gasteiger partial charge is 0.325 e. The second-order valence-corrected chi connectivity index (χ2v) is 7.44. The molecule has 1 atom stereocenters. The molecular formula is C21H19F3N2O2. The molecular weight excluding hydrogens is 369 g/mol. The van der Waals surface area contributed by atoms with Crippen LogP contribution in [0.2, 0.25) is 0 Å². The number of alkyl halides is 3. The van der Waals surface area contributed by atoms with Crippen molar-refractivity contribution in [1.29, 1.82) is 0 Å². The van der Waals surface area contributed by atoms with Crippen LogP contribution in [0.25, 0.3) is 0 Å². The van der Waals surface area contributed by atoms with E-state index in [0.29, 0.717) is 19.3 Å². The van der Waals surface area contributed by atoms with Gasteiger partial charge in [0, 0.05) is 11.7 Å². The molecule has 28 heavy (non-hydrogen) atoms. The van der Waals surface area contributed by atoms with Gasteiger partial charge in [-0.15, -0.1) is 0 Å². The summed E-state index contributed by atoms with van der Waals surface area (Å²) >= 11 is 0. The number of carbonyl (C=O) groups is 2. The summed E-state index contributed by atoms with van der Waals surface area (Å²) in [5, 5.41) is 2.36. The molecule has 2 aliphatic rings. The number of fused-ring (bicyclic) bond motifs is 1. The highest BCUT2D eigenvalue weighted by Gasteiger charge is 2.59. The highest BCUT2D eigenvalue weighted by atomic mass is 19.4. The third-order valence-electron chi connectivity index (χ3n) is 5.50. The normalized spacial score (nSPS) is 19.9. The number of nitrogens with one attached hydrogen (secondary N) is 1. The molecule has 0 radical (unpaired) electrons. The van der Waals surface area contributed by atoms with Gasteiger partial charge >= 0.3 is 6.18 Å². The zero-order chi connectivity index (χ0) is 20.1. The number of amides is 2. The summed E-state index contributed by atoms with van der Waals surface area (Å²) in [7, 11) is 0. The monoisotopic (exact) mass is 388 g/mol. The van der Waals surface area contributed by atoms with Crippen molar-refractivity contribution in [2.45, 2.75) is 38.4 Å². The molecule has 1 unspecified atom stereocenters. The maximum atomic E-state index is 13.3. The minimum atomic E-state index is -4.59. The number of para-hydroxylation sites is 2. The number of anilines is 2. The fourth-order valence-electron chi connectivity index (χ4n) is 3.85. The van der Waals surface area contributed by atoms with Crippen LogP contribution in [0.1, 0.15) is 30.9 Å². The van der Waals surface area contributed by atoms with E-state index in [1.165, 1.54) is 18.2 Å². The van der Waals surface area contributed by atoms with E-state index in [0.717, 1.165) is 17.3 Å². The van der Waals surface area contributed by atoms with Gasteiger partial charge in [0.05, 0.1) is 11.3 Å². The molecule has 1 fully saturated rings. The van der Waals surface area contributed by atoms with Gasteiger partial charge in [-0.2, -0.15) is 13.2 Å². The standard InChI is InChI=1S/C21H19F3N2O2/c1-13-12-14-6-2-5-9-17(14)26(13)19(28)20(10-11-20)18(27)25-16-8-4-3-7-15(16)21(22,23)24/h2-9,13H,10-12H2,1H3,(H,25,27). The fraction of sp³-hybridized carbons (Fsp3) is 0.333. The van der Waals surface area contributed by atoms with Gasteiger partial charge < -0.3 is 10.2 Å². The van der Waals surface area contributed by atoms with Gasteiger partial charge in [-0.25, -0.2) is 0 Å². The van der Waals surface area contributed by atoms with Crippen LogP contribution in [0.3, 0.4) is 0 Å². The number of nitrogens with zero attached hydrogens (tertiary/aromatic N) is 1. The minimum Gasteiger partial charge on any atom is -0.325 e. The van der Waals surface area contributed by atoms with Gasteiger partial charge in [-0.3, -0.25) is 9.59 Å².